The van der Waals surface area contributed by atoms with E-state index < -0.39 is 11.9 Å². The first-order valence-electron chi connectivity index (χ1n) is 6.09. The van der Waals surface area contributed by atoms with Gasteiger partial charge in [0.15, 0.2) is 0 Å². The molecule has 0 spiro atoms. The number of carboxylic acids is 1. The number of carbonyl (C=O) groups excluding carboxylic acids is 1. The molecule has 5 nitrogen and oxygen atoms in total. The average Bonchev–Trinajstić information content (AvgIpc) is 2.94. The molecule has 0 aromatic heterocycles. The highest BCUT2D eigenvalue weighted by Crippen LogP contribution is 2.41. The lowest BCUT2D eigenvalue weighted by Crippen LogP contribution is -2.36. The minimum Gasteiger partial charge on any atom is -0.481 e. The number of hydrogen-bond acceptors (Lipinski definition) is 3. The third-order valence-electron chi connectivity index (χ3n) is 3.97. The van der Waals surface area contributed by atoms with Gasteiger partial charge in [-0.15, -0.1) is 0 Å². The maximum absolute atomic E-state index is 12.1. The largest absolute Gasteiger partial charge is 0.481 e. The molecule has 0 bridgehead atoms. The van der Waals surface area contributed by atoms with Gasteiger partial charge < -0.3 is 14.9 Å². The number of nitrogens with zero attached hydrogens (tertiary/aromatic N) is 2. The van der Waals surface area contributed by atoms with Gasteiger partial charge in [0.2, 0.25) is 5.91 Å². The Morgan fingerprint density at radius 2 is 1.88 bits per heavy atom. The van der Waals surface area contributed by atoms with E-state index in [-0.39, 0.29) is 11.8 Å². The zero-order valence-electron chi connectivity index (χ0n) is 10.6. The molecule has 1 aliphatic carbocycles. The minimum absolute atomic E-state index is 0.0357. The van der Waals surface area contributed by atoms with Crippen LogP contribution in [0.3, 0.4) is 0 Å². The quantitative estimate of drug-likeness (QED) is 0.761. The Morgan fingerprint density at radius 1 is 1.24 bits per heavy atom. The average molecular weight is 240 g/mol. The second kappa shape index (κ2) is 4.29. The summed E-state index contributed by atoms with van der Waals surface area (Å²) < 4.78 is 0. The van der Waals surface area contributed by atoms with Crippen molar-refractivity contribution in [1.29, 1.82) is 0 Å². The van der Waals surface area contributed by atoms with E-state index in [0.29, 0.717) is 18.4 Å². The first-order chi connectivity index (χ1) is 7.91. The number of rotatable bonds is 3. The van der Waals surface area contributed by atoms with E-state index >= 15 is 0 Å². The van der Waals surface area contributed by atoms with Crippen LogP contribution < -0.4 is 0 Å². The van der Waals surface area contributed by atoms with Gasteiger partial charge in [0.05, 0.1) is 11.8 Å². The van der Waals surface area contributed by atoms with E-state index in [1.54, 1.807) is 0 Å². The number of aliphatic carboxylic acids is 1. The molecular formula is C12H20N2O3. The molecule has 1 saturated heterocycles. The smallest absolute Gasteiger partial charge is 0.307 e. The molecule has 1 saturated carbocycles. The Bertz CT molecular complexity index is 343. The van der Waals surface area contributed by atoms with Gasteiger partial charge in [-0.05, 0) is 26.4 Å². The van der Waals surface area contributed by atoms with Crippen molar-refractivity contribution in [1.82, 2.24) is 9.80 Å². The molecule has 2 aliphatic rings. The summed E-state index contributed by atoms with van der Waals surface area (Å²) in [6.07, 6.45) is 0.520. The molecule has 1 heterocycles. The molecule has 2 fully saturated rings. The van der Waals surface area contributed by atoms with Crippen LogP contribution in [-0.4, -0.2) is 60.0 Å². The van der Waals surface area contributed by atoms with Crippen LogP contribution in [0.5, 0.6) is 0 Å². The molecule has 0 radical (unpaired) electrons. The van der Waals surface area contributed by atoms with E-state index in [2.05, 4.69) is 11.8 Å². The highest BCUT2D eigenvalue weighted by Gasteiger charge is 2.51. The Hall–Kier alpha value is -1.10. The third-order valence-corrected chi connectivity index (χ3v) is 3.97. The zero-order chi connectivity index (χ0) is 12.7. The zero-order valence-corrected chi connectivity index (χ0v) is 10.6. The Balaban J connectivity index is 1.93. The van der Waals surface area contributed by atoms with Crippen LogP contribution in [-0.2, 0) is 9.59 Å². The normalized spacial score (nSPS) is 36.4. The van der Waals surface area contributed by atoms with Crippen molar-refractivity contribution < 1.29 is 14.7 Å². The van der Waals surface area contributed by atoms with Gasteiger partial charge in [0.1, 0.15) is 0 Å². The van der Waals surface area contributed by atoms with E-state index in [1.807, 2.05) is 19.0 Å². The van der Waals surface area contributed by atoms with Crippen LogP contribution in [0.2, 0.25) is 0 Å². The number of likely N-dealkylation sites (tertiary alicyclic amines) is 1. The van der Waals surface area contributed by atoms with Crippen LogP contribution in [0.25, 0.3) is 0 Å². The predicted octanol–water partition coefficient (Wildman–Crippen LogP) is 0.116. The van der Waals surface area contributed by atoms with Crippen LogP contribution in [0.15, 0.2) is 0 Å². The highest BCUT2D eigenvalue weighted by atomic mass is 16.4. The maximum Gasteiger partial charge on any atom is 0.307 e. The van der Waals surface area contributed by atoms with Crippen molar-refractivity contribution >= 4 is 11.9 Å². The van der Waals surface area contributed by atoms with Gasteiger partial charge in [-0.2, -0.15) is 0 Å². The van der Waals surface area contributed by atoms with Gasteiger partial charge in [0, 0.05) is 19.1 Å². The lowest BCUT2D eigenvalue weighted by atomic mass is 10.1. The first kappa shape index (κ1) is 12.4. The SMILES string of the molecule is CC1CN(C(=O)C2CC2C(=O)O)CC1N(C)C. The van der Waals surface area contributed by atoms with Crippen molar-refractivity contribution in [2.24, 2.45) is 17.8 Å². The standard InChI is InChI=1S/C12H20N2O3/c1-7-5-14(6-10(7)13(2)3)11(15)8-4-9(8)12(16)17/h7-10H,4-6H2,1-3H3,(H,16,17). The summed E-state index contributed by atoms with van der Waals surface area (Å²) in [5.74, 6) is -1.04. The molecule has 5 heteroatoms. The van der Waals surface area contributed by atoms with E-state index in [4.69, 9.17) is 5.11 Å². The number of carbonyl (C=O) groups is 2. The van der Waals surface area contributed by atoms with Crippen molar-refractivity contribution in [3.63, 3.8) is 0 Å². The van der Waals surface area contributed by atoms with Crippen molar-refractivity contribution in [2.45, 2.75) is 19.4 Å². The number of carboxylic acid groups (broad SMARTS) is 1. The molecule has 4 unspecified atom stereocenters. The van der Waals surface area contributed by atoms with Gasteiger partial charge in [-0.1, -0.05) is 6.92 Å². The Morgan fingerprint density at radius 3 is 2.29 bits per heavy atom. The van der Waals surface area contributed by atoms with E-state index in [0.717, 1.165) is 13.1 Å². The molecule has 0 aromatic carbocycles. The molecule has 1 N–H and O–H groups in total. The third kappa shape index (κ3) is 2.29. The molecule has 1 aliphatic heterocycles. The summed E-state index contributed by atoms with van der Waals surface area (Å²) in [5, 5.41) is 8.83. The lowest BCUT2D eigenvalue weighted by Gasteiger charge is -2.22. The van der Waals surface area contributed by atoms with Gasteiger partial charge in [0.25, 0.3) is 0 Å². The number of amides is 1. The second-order valence-corrected chi connectivity index (χ2v) is 5.54. The monoisotopic (exact) mass is 240 g/mol. The number of hydrogen-bond donors (Lipinski definition) is 1. The van der Waals surface area contributed by atoms with Crippen molar-refractivity contribution in [3.8, 4) is 0 Å². The summed E-state index contributed by atoms with van der Waals surface area (Å²) >= 11 is 0. The lowest BCUT2D eigenvalue weighted by molar-refractivity contribution is -0.141. The number of likely N-dealkylation sites (N-methyl/N-ethyl adjacent to an activating group) is 1. The fourth-order valence-corrected chi connectivity index (χ4v) is 2.78. The predicted molar refractivity (Wildman–Crippen MR) is 62.5 cm³/mol. The molecule has 1 amide bonds. The summed E-state index contributed by atoms with van der Waals surface area (Å²) in [6, 6.07) is 0.390. The first-order valence-corrected chi connectivity index (χ1v) is 6.09. The van der Waals surface area contributed by atoms with Gasteiger partial charge >= 0.3 is 5.97 Å². The summed E-state index contributed by atoms with van der Waals surface area (Å²) in [6.45, 7) is 3.62. The molecule has 4 atom stereocenters. The van der Waals surface area contributed by atoms with Crippen LogP contribution in [0, 0.1) is 17.8 Å². The van der Waals surface area contributed by atoms with Gasteiger partial charge in [-0.3, -0.25) is 9.59 Å². The molecule has 2 rings (SSSR count). The van der Waals surface area contributed by atoms with Crippen molar-refractivity contribution in [2.75, 3.05) is 27.2 Å². The second-order valence-electron chi connectivity index (χ2n) is 5.54. The molecule has 96 valence electrons. The van der Waals surface area contributed by atoms with E-state index in [1.165, 1.54) is 0 Å². The topological polar surface area (TPSA) is 60.9 Å². The Kier molecular flexibility index (Phi) is 3.12. The van der Waals surface area contributed by atoms with Crippen molar-refractivity contribution in [3.05, 3.63) is 0 Å². The van der Waals surface area contributed by atoms with Crippen LogP contribution >= 0.6 is 0 Å². The molecule has 17 heavy (non-hydrogen) atoms. The highest BCUT2D eigenvalue weighted by molar-refractivity contribution is 5.89. The Labute approximate surface area is 101 Å². The fraction of sp³-hybridized carbons (Fsp3) is 0.833. The van der Waals surface area contributed by atoms with Gasteiger partial charge in [-0.25, -0.2) is 0 Å². The summed E-state index contributed by atoms with van der Waals surface area (Å²) in [7, 11) is 4.04. The van der Waals surface area contributed by atoms with Crippen LogP contribution in [0.4, 0.5) is 0 Å². The molecule has 0 aromatic rings. The molecular weight excluding hydrogens is 220 g/mol. The van der Waals surface area contributed by atoms with Crippen LogP contribution in [0.1, 0.15) is 13.3 Å². The summed E-state index contributed by atoms with van der Waals surface area (Å²) in [4.78, 5) is 26.8. The van der Waals surface area contributed by atoms with E-state index in [9.17, 15) is 9.59 Å². The fourth-order valence-electron chi connectivity index (χ4n) is 2.78. The summed E-state index contributed by atoms with van der Waals surface area (Å²) in [5.41, 5.74) is 0. The minimum atomic E-state index is -0.834. The maximum atomic E-state index is 12.1.